The van der Waals surface area contributed by atoms with Gasteiger partial charge in [0.25, 0.3) is 5.56 Å². The Hall–Kier alpha value is -2.65. The zero-order valence-corrected chi connectivity index (χ0v) is 19.1. The lowest BCUT2D eigenvalue weighted by Crippen LogP contribution is -2.22. The third kappa shape index (κ3) is 3.63. The van der Waals surface area contributed by atoms with Gasteiger partial charge in [0.2, 0.25) is 5.89 Å². The Morgan fingerprint density at radius 1 is 1.30 bits per heavy atom. The molecule has 4 rings (SSSR count). The van der Waals surface area contributed by atoms with Crippen LogP contribution in [0.15, 0.2) is 38.7 Å². The molecular formula is C21H22N4O3S2. The number of nitrogens with zero attached hydrogens (tertiary/aromatic N) is 4. The molecule has 30 heavy (non-hydrogen) atoms. The first-order valence-corrected chi connectivity index (χ1v) is 11.3. The Labute approximate surface area is 182 Å². The van der Waals surface area contributed by atoms with E-state index in [9.17, 15) is 4.79 Å². The van der Waals surface area contributed by atoms with Crippen LogP contribution in [-0.2, 0) is 6.42 Å². The lowest BCUT2D eigenvalue weighted by Gasteiger charge is -2.14. The number of hydrogen-bond donors (Lipinski definition) is 0. The van der Waals surface area contributed by atoms with E-state index < -0.39 is 0 Å². The molecule has 0 aliphatic heterocycles. The van der Waals surface area contributed by atoms with Gasteiger partial charge in [0, 0.05) is 10.9 Å². The van der Waals surface area contributed by atoms with E-state index in [4.69, 9.17) is 14.2 Å². The van der Waals surface area contributed by atoms with Gasteiger partial charge < -0.3 is 9.26 Å². The van der Waals surface area contributed by atoms with Crippen LogP contribution in [-0.4, -0.2) is 26.8 Å². The second kappa shape index (κ2) is 8.23. The fourth-order valence-electron chi connectivity index (χ4n) is 3.29. The summed E-state index contributed by atoms with van der Waals surface area (Å²) < 4.78 is 12.3. The van der Waals surface area contributed by atoms with Crippen LogP contribution in [0, 0.1) is 13.8 Å². The summed E-state index contributed by atoms with van der Waals surface area (Å²) in [5.41, 5.74) is 1.62. The summed E-state index contributed by atoms with van der Waals surface area (Å²) in [6.07, 6.45) is 0.867. The lowest BCUT2D eigenvalue weighted by atomic mass is 10.2. The molecule has 0 N–H and O–H groups in total. The normalized spacial score (nSPS) is 12.4. The van der Waals surface area contributed by atoms with Crippen molar-refractivity contribution in [3.63, 3.8) is 0 Å². The summed E-state index contributed by atoms with van der Waals surface area (Å²) >= 11 is 3.00. The second-order valence-electron chi connectivity index (χ2n) is 6.86. The van der Waals surface area contributed by atoms with Gasteiger partial charge in [-0.1, -0.05) is 29.9 Å². The van der Waals surface area contributed by atoms with Gasteiger partial charge in [-0.25, -0.2) is 4.98 Å². The molecule has 0 spiro atoms. The summed E-state index contributed by atoms with van der Waals surface area (Å²) in [7, 11) is 1.61. The molecule has 3 heterocycles. The minimum atomic E-state index is -0.167. The van der Waals surface area contributed by atoms with Crippen LogP contribution >= 0.6 is 23.1 Å². The van der Waals surface area contributed by atoms with Crippen molar-refractivity contribution in [2.45, 2.75) is 44.5 Å². The number of fused-ring (bicyclic) bond motifs is 1. The average Bonchev–Trinajstić information content (AvgIpc) is 3.31. The highest BCUT2D eigenvalue weighted by molar-refractivity contribution is 7.99. The number of rotatable bonds is 6. The third-order valence-corrected chi connectivity index (χ3v) is 7.21. The number of methoxy groups -OCH3 is 1. The van der Waals surface area contributed by atoms with Crippen molar-refractivity contribution in [1.29, 1.82) is 0 Å². The largest absolute Gasteiger partial charge is 0.497 e. The maximum atomic E-state index is 13.6. The van der Waals surface area contributed by atoms with Gasteiger partial charge in [-0.2, -0.15) is 4.98 Å². The van der Waals surface area contributed by atoms with Gasteiger partial charge in [-0.15, -0.1) is 11.3 Å². The Morgan fingerprint density at radius 3 is 2.77 bits per heavy atom. The van der Waals surface area contributed by atoms with E-state index in [-0.39, 0.29) is 10.8 Å². The molecule has 3 aromatic heterocycles. The Kier molecular flexibility index (Phi) is 5.66. The molecule has 0 aliphatic rings. The fraction of sp³-hybridized carbons (Fsp3) is 0.333. The Balaban J connectivity index is 1.93. The van der Waals surface area contributed by atoms with Crippen LogP contribution in [0.2, 0.25) is 0 Å². The summed E-state index contributed by atoms with van der Waals surface area (Å²) in [6.45, 7) is 7.82. The van der Waals surface area contributed by atoms with E-state index in [1.54, 1.807) is 29.9 Å². The minimum absolute atomic E-state index is 0.0851. The topological polar surface area (TPSA) is 83.0 Å². The van der Waals surface area contributed by atoms with Crippen molar-refractivity contribution in [3.8, 4) is 11.4 Å². The van der Waals surface area contributed by atoms with Crippen LogP contribution in [0.1, 0.15) is 41.3 Å². The molecule has 0 unspecified atom stereocenters. The van der Waals surface area contributed by atoms with Crippen molar-refractivity contribution in [2.24, 2.45) is 0 Å². The third-order valence-electron chi connectivity index (χ3n) is 4.84. The van der Waals surface area contributed by atoms with Crippen molar-refractivity contribution >= 4 is 33.3 Å². The molecule has 0 aliphatic carbocycles. The molecule has 0 saturated heterocycles. The average molecular weight is 443 g/mol. The molecule has 1 atom stereocenters. The van der Waals surface area contributed by atoms with Gasteiger partial charge in [0.05, 0.1) is 23.4 Å². The van der Waals surface area contributed by atoms with Crippen molar-refractivity contribution < 1.29 is 9.26 Å². The summed E-state index contributed by atoms with van der Waals surface area (Å²) in [4.78, 5) is 24.8. The maximum Gasteiger partial charge on any atom is 0.267 e. The monoisotopic (exact) mass is 442 g/mol. The molecule has 7 nitrogen and oxygen atoms in total. The van der Waals surface area contributed by atoms with E-state index in [0.29, 0.717) is 33.7 Å². The number of thiophene rings is 1. The first-order chi connectivity index (χ1) is 14.4. The molecule has 0 radical (unpaired) electrons. The van der Waals surface area contributed by atoms with Gasteiger partial charge in [0.15, 0.2) is 11.0 Å². The summed E-state index contributed by atoms with van der Waals surface area (Å²) in [5, 5.41) is 4.95. The smallest absolute Gasteiger partial charge is 0.267 e. The highest BCUT2D eigenvalue weighted by Gasteiger charge is 2.23. The van der Waals surface area contributed by atoms with E-state index >= 15 is 0 Å². The molecule has 4 aromatic rings. The standard InChI is InChI=1S/C21H22N4O3S2/c1-6-16-11(2)17-19(30-16)23-21(29-12(3)18-22-13(4)24-28-18)25(20(17)26)14-8-7-9-15(10-14)27-5/h7-10,12H,6H2,1-5H3/t12-/m1/s1. The van der Waals surface area contributed by atoms with Gasteiger partial charge >= 0.3 is 0 Å². The quantitative estimate of drug-likeness (QED) is 0.311. The first kappa shape index (κ1) is 20.6. The van der Waals surface area contributed by atoms with Crippen molar-refractivity contribution in [1.82, 2.24) is 19.7 Å². The Morgan fingerprint density at radius 2 is 2.10 bits per heavy atom. The van der Waals surface area contributed by atoms with E-state index in [1.165, 1.54) is 16.6 Å². The molecule has 9 heteroatoms. The second-order valence-corrected chi connectivity index (χ2v) is 9.25. The lowest BCUT2D eigenvalue weighted by molar-refractivity contribution is 0.376. The highest BCUT2D eigenvalue weighted by Crippen LogP contribution is 2.36. The van der Waals surface area contributed by atoms with Crippen LogP contribution in [0.3, 0.4) is 0 Å². The fourth-order valence-corrected chi connectivity index (χ4v) is 5.41. The summed E-state index contributed by atoms with van der Waals surface area (Å²) in [6, 6.07) is 7.43. The molecule has 0 bridgehead atoms. The summed E-state index contributed by atoms with van der Waals surface area (Å²) in [5.74, 6) is 1.75. The van der Waals surface area contributed by atoms with Gasteiger partial charge in [-0.3, -0.25) is 9.36 Å². The number of hydrogen-bond acceptors (Lipinski definition) is 8. The molecule has 0 amide bonds. The van der Waals surface area contributed by atoms with Gasteiger partial charge in [-0.05, 0) is 44.9 Å². The highest BCUT2D eigenvalue weighted by atomic mass is 32.2. The predicted molar refractivity (Wildman–Crippen MR) is 119 cm³/mol. The predicted octanol–water partition coefficient (Wildman–Crippen LogP) is 4.87. The van der Waals surface area contributed by atoms with Gasteiger partial charge in [0.1, 0.15) is 10.6 Å². The van der Waals surface area contributed by atoms with Crippen LogP contribution in [0.25, 0.3) is 15.9 Å². The van der Waals surface area contributed by atoms with E-state index in [1.807, 2.05) is 38.1 Å². The maximum absolute atomic E-state index is 13.6. The zero-order valence-electron chi connectivity index (χ0n) is 17.4. The van der Waals surface area contributed by atoms with Crippen LogP contribution in [0.4, 0.5) is 0 Å². The zero-order chi connectivity index (χ0) is 21.4. The minimum Gasteiger partial charge on any atom is -0.497 e. The molecule has 156 valence electrons. The number of thioether (sulfide) groups is 1. The van der Waals surface area contributed by atoms with Crippen molar-refractivity contribution in [2.75, 3.05) is 7.11 Å². The van der Waals surface area contributed by atoms with E-state index in [2.05, 4.69) is 17.1 Å². The SMILES string of the molecule is CCc1sc2nc(S[C@H](C)c3nc(C)no3)n(-c3cccc(OC)c3)c(=O)c2c1C. The van der Waals surface area contributed by atoms with Crippen molar-refractivity contribution in [3.05, 3.63) is 56.8 Å². The van der Waals surface area contributed by atoms with Crippen LogP contribution in [0.5, 0.6) is 5.75 Å². The van der Waals surface area contributed by atoms with Crippen LogP contribution < -0.4 is 10.3 Å². The number of aromatic nitrogens is 4. The van der Waals surface area contributed by atoms with E-state index in [0.717, 1.165) is 16.8 Å². The number of aryl methyl sites for hydroxylation is 3. The number of ether oxygens (including phenoxy) is 1. The molecule has 1 aromatic carbocycles. The molecular weight excluding hydrogens is 420 g/mol. The first-order valence-electron chi connectivity index (χ1n) is 9.59. The molecule has 0 saturated carbocycles. The Bertz CT molecular complexity index is 1280. The molecule has 0 fully saturated rings. The number of benzene rings is 1.